The predicted octanol–water partition coefficient (Wildman–Crippen LogP) is 2.65. The highest BCUT2D eigenvalue weighted by Gasteiger charge is 2.49. The van der Waals surface area contributed by atoms with Gasteiger partial charge in [0.1, 0.15) is 7.14 Å². The molecule has 0 bridgehead atoms. The molecule has 0 aliphatic heterocycles. The van der Waals surface area contributed by atoms with Crippen molar-refractivity contribution in [3.63, 3.8) is 0 Å². The molecule has 0 aliphatic carbocycles. The van der Waals surface area contributed by atoms with Crippen LogP contribution in [-0.4, -0.2) is 28.6 Å². The lowest BCUT2D eigenvalue weighted by molar-refractivity contribution is -0.138. The van der Waals surface area contributed by atoms with E-state index in [1.54, 1.807) is 27.7 Å². The number of hydrogen-bond acceptors (Lipinski definition) is 2. The van der Waals surface area contributed by atoms with Crippen LogP contribution in [0.3, 0.4) is 0 Å². The Bertz CT molecular complexity index is 329. The Labute approximate surface area is 91.6 Å². The Hall–Kier alpha value is -0.740. The average Bonchev–Trinajstić information content (AvgIpc) is 2.24. The monoisotopic (exact) mass is 230 g/mol. The summed E-state index contributed by atoms with van der Waals surface area (Å²) in [4.78, 5) is 11.3. The van der Waals surface area contributed by atoms with Crippen molar-refractivity contribution >= 4 is 13.1 Å². The van der Waals surface area contributed by atoms with Gasteiger partial charge in [-0.3, -0.25) is 4.79 Å². The number of carboxylic acid groups (broad SMARTS) is 1. The Kier molecular flexibility index (Phi) is 5.11. The van der Waals surface area contributed by atoms with Gasteiger partial charge in [0.25, 0.3) is 0 Å². The molecule has 0 radical (unpaired) electrons. The quantitative estimate of drug-likeness (QED) is 0.583. The summed E-state index contributed by atoms with van der Waals surface area (Å²) in [7, 11) is -2.77. The molecule has 0 aromatic carbocycles. The average molecular weight is 230 g/mol. The minimum absolute atomic E-state index is 0.294. The molecule has 3 nitrogen and oxygen atoms in total. The van der Waals surface area contributed by atoms with Crippen molar-refractivity contribution < 1.29 is 14.5 Å². The van der Waals surface area contributed by atoms with E-state index in [0.717, 1.165) is 0 Å². The highest BCUT2D eigenvalue weighted by atomic mass is 31.2. The van der Waals surface area contributed by atoms with Crippen LogP contribution in [0.1, 0.15) is 34.1 Å². The third kappa shape index (κ3) is 2.26. The lowest BCUT2D eigenvalue weighted by Crippen LogP contribution is -2.37. The second-order valence-corrected chi connectivity index (χ2v) is 7.22. The van der Waals surface area contributed by atoms with Crippen LogP contribution in [0.25, 0.3) is 0 Å². The molecule has 0 saturated heterocycles. The second-order valence-electron chi connectivity index (χ2n) is 3.42. The SMILES string of the molecule is CC#CC(CC)(C(=O)O)P(=O)(CC)CC. The molecule has 1 atom stereocenters. The molecule has 1 N–H and O–H groups in total. The minimum atomic E-state index is -2.77. The summed E-state index contributed by atoms with van der Waals surface area (Å²) in [5, 5.41) is 7.94. The van der Waals surface area contributed by atoms with E-state index < -0.39 is 18.3 Å². The molecular weight excluding hydrogens is 211 g/mol. The van der Waals surface area contributed by atoms with E-state index in [0.29, 0.717) is 18.7 Å². The first-order valence-electron chi connectivity index (χ1n) is 5.19. The van der Waals surface area contributed by atoms with Crippen LogP contribution < -0.4 is 0 Å². The fourth-order valence-electron chi connectivity index (χ4n) is 1.83. The maximum absolute atomic E-state index is 12.6. The molecule has 0 fully saturated rings. The van der Waals surface area contributed by atoms with E-state index in [1.807, 2.05) is 0 Å². The fraction of sp³-hybridized carbons (Fsp3) is 0.727. The topological polar surface area (TPSA) is 54.4 Å². The maximum atomic E-state index is 12.6. The fourth-order valence-corrected chi connectivity index (χ4v) is 4.60. The van der Waals surface area contributed by atoms with Gasteiger partial charge in [-0.1, -0.05) is 26.7 Å². The standard InChI is InChI=1S/C11H19O3P/c1-5-9-11(6-2,10(12)13)15(14,7-3)8-4/h6-8H2,1-4H3,(H,12,13). The molecule has 4 heteroatoms. The number of carbonyl (C=O) groups is 1. The highest BCUT2D eigenvalue weighted by Crippen LogP contribution is 2.59. The molecule has 0 aromatic rings. The van der Waals surface area contributed by atoms with E-state index in [-0.39, 0.29) is 0 Å². The third-order valence-electron chi connectivity index (χ3n) is 2.91. The normalized spacial score (nSPS) is 14.9. The van der Waals surface area contributed by atoms with E-state index in [1.165, 1.54) is 0 Å². The molecule has 86 valence electrons. The van der Waals surface area contributed by atoms with Gasteiger partial charge < -0.3 is 9.67 Å². The molecule has 0 rings (SSSR count). The van der Waals surface area contributed by atoms with Crippen LogP contribution in [0.4, 0.5) is 0 Å². The summed E-state index contributed by atoms with van der Waals surface area (Å²) < 4.78 is 12.6. The molecule has 1 unspecified atom stereocenters. The van der Waals surface area contributed by atoms with E-state index in [4.69, 9.17) is 0 Å². The Morgan fingerprint density at radius 1 is 1.33 bits per heavy atom. The van der Waals surface area contributed by atoms with Crippen LogP contribution in [-0.2, 0) is 9.36 Å². The Morgan fingerprint density at radius 2 is 1.80 bits per heavy atom. The summed E-state index contributed by atoms with van der Waals surface area (Å²) in [5.74, 6) is 4.24. The van der Waals surface area contributed by atoms with Gasteiger partial charge >= 0.3 is 5.97 Å². The van der Waals surface area contributed by atoms with Crippen molar-refractivity contribution in [1.29, 1.82) is 0 Å². The van der Waals surface area contributed by atoms with Crippen molar-refractivity contribution in [2.75, 3.05) is 12.3 Å². The molecule has 0 heterocycles. The van der Waals surface area contributed by atoms with Gasteiger partial charge in [-0.15, -0.1) is 5.92 Å². The predicted molar refractivity (Wildman–Crippen MR) is 62.8 cm³/mol. The molecule has 0 aromatic heterocycles. The lowest BCUT2D eigenvalue weighted by Gasteiger charge is -2.31. The van der Waals surface area contributed by atoms with Gasteiger partial charge in [-0.05, 0) is 13.3 Å². The van der Waals surface area contributed by atoms with Crippen molar-refractivity contribution in [2.45, 2.75) is 39.3 Å². The van der Waals surface area contributed by atoms with Crippen LogP contribution in [0.15, 0.2) is 0 Å². The van der Waals surface area contributed by atoms with Crippen molar-refractivity contribution in [3.05, 3.63) is 0 Å². The van der Waals surface area contributed by atoms with Crippen molar-refractivity contribution in [1.82, 2.24) is 0 Å². The third-order valence-corrected chi connectivity index (χ3v) is 6.97. The van der Waals surface area contributed by atoms with Crippen molar-refractivity contribution in [2.24, 2.45) is 0 Å². The van der Waals surface area contributed by atoms with Gasteiger partial charge in [-0.2, -0.15) is 0 Å². The van der Waals surface area contributed by atoms with Crippen molar-refractivity contribution in [3.8, 4) is 11.8 Å². The summed E-state index contributed by atoms with van der Waals surface area (Å²) in [6.07, 6.45) is 1.07. The van der Waals surface area contributed by atoms with E-state index in [2.05, 4.69) is 11.8 Å². The number of aliphatic carboxylic acids is 1. The van der Waals surface area contributed by atoms with Gasteiger partial charge in [-0.25, -0.2) is 0 Å². The first-order chi connectivity index (χ1) is 6.94. The summed E-state index contributed by atoms with van der Waals surface area (Å²) >= 11 is 0. The zero-order valence-corrected chi connectivity index (χ0v) is 10.7. The molecule has 0 amide bonds. The largest absolute Gasteiger partial charge is 0.480 e. The molecule has 0 saturated carbocycles. The number of rotatable bonds is 5. The summed E-state index contributed by atoms with van der Waals surface area (Å²) in [6, 6.07) is 0. The van der Waals surface area contributed by atoms with Crippen LogP contribution in [0.5, 0.6) is 0 Å². The zero-order valence-electron chi connectivity index (χ0n) is 9.83. The van der Waals surface area contributed by atoms with E-state index in [9.17, 15) is 14.5 Å². The van der Waals surface area contributed by atoms with Crippen LogP contribution in [0, 0.1) is 11.8 Å². The van der Waals surface area contributed by atoms with Gasteiger partial charge in [0, 0.05) is 12.3 Å². The smallest absolute Gasteiger partial charge is 0.329 e. The highest BCUT2D eigenvalue weighted by molar-refractivity contribution is 7.66. The minimum Gasteiger partial charge on any atom is -0.480 e. The van der Waals surface area contributed by atoms with Gasteiger partial charge in [0.15, 0.2) is 5.16 Å². The van der Waals surface area contributed by atoms with Crippen LogP contribution >= 0.6 is 7.14 Å². The Balaban J connectivity index is 5.71. The summed E-state index contributed by atoms with van der Waals surface area (Å²) in [5.41, 5.74) is 0. The zero-order chi connectivity index (χ0) is 12.1. The molecule has 0 aliphatic rings. The first kappa shape index (κ1) is 14.3. The maximum Gasteiger partial charge on any atom is 0.329 e. The van der Waals surface area contributed by atoms with Gasteiger partial charge in [0.2, 0.25) is 0 Å². The number of hydrogen-bond donors (Lipinski definition) is 1. The van der Waals surface area contributed by atoms with Gasteiger partial charge in [0.05, 0.1) is 0 Å². The van der Waals surface area contributed by atoms with E-state index >= 15 is 0 Å². The molecule has 0 spiro atoms. The lowest BCUT2D eigenvalue weighted by atomic mass is 10.1. The first-order valence-corrected chi connectivity index (χ1v) is 7.27. The summed E-state index contributed by atoms with van der Waals surface area (Å²) in [6.45, 7) is 6.86. The molecular formula is C11H19O3P. The van der Waals surface area contributed by atoms with Crippen LogP contribution in [0.2, 0.25) is 0 Å². The molecule has 15 heavy (non-hydrogen) atoms. The second kappa shape index (κ2) is 5.37. The Morgan fingerprint density at radius 3 is 2.00 bits per heavy atom. The number of carboxylic acids is 1.